The van der Waals surface area contributed by atoms with Gasteiger partial charge in [-0.3, -0.25) is 0 Å². The number of ether oxygens (including phenoxy) is 1. The number of hydrogen-bond acceptors (Lipinski definition) is 2. The van der Waals surface area contributed by atoms with E-state index in [9.17, 15) is 4.39 Å². The van der Waals surface area contributed by atoms with Crippen LogP contribution in [0.2, 0.25) is 0 Å². The minimum atomic E-state index is -0.137. The largest absolute Gasteiger partial charge is 0.383 e. The lowest BCUT2D eigenvalue weighted by Crippen LogP contribution is -2.20. The normalized spacial score (nSPS) is 10.7. The van der Waals surface area contributed by atoms with Gasteiger partial charge in [0.2, 0.25) is 0 Å². The quantitative estimate of drug-likeness (QED) is 0.719. The monoisotopic (exact) mass is 225 g/mol. The van der Waals surface area contributed by atoms with E-state index in [2.05, 4.69) is 5.32 Å². The van der Waals surface area contributed by atoms with Gasteiger partial charge < -0.3 is 10.1 Å². The molecule has 90 valence electrons. The lowest BCUT2D eigenvalue weighted by molar-refractivity contribution is 0.199. The molecule has 1 rings (SSSR count). The van der Waals surface area contributed by atoms with Crippen LogP contribution in [0.5, 0.6) is 0 Å². The average Bonchev–Trinajstić information content (AvgIpc) is 2.22. The van der Waals surface area contributed by atoms with Gasteiger partial charge in [-0.2, -0.15) is 0 Å². The fourth-order valence-corrected chi connectivity index (χ4v) is 1.67. The molecule has 0 aliphatic heterocycles. The van der Waals surface area contributed by atoms with E-state index in [1.54, 1.807) is 19.2 Å². The summed E-state index contributed by atoms with van der Waals surface area (Å²) in [6.45, 7) is 4.47. The van der Waals surface area contributed by atoms with E-state index in [4.69, 9.17) is 4.74 Å². The average molecular weight is 225 g/mol. The van der Waals surface area contributed by atoms with Crippen molar-refractivity contribution in [1.29, 1.82) is 0 Å². The van der Waals surface area contributed by atoms with E-state index in [1.165, 1.54) is 0 Å². The first-order valence-electron chi connectivity index (χ1n) is 5.68. The van der Waals surface area contributed by atoms with Crippen molar-refractivity contribution in [3.05, 3.63) is 35.1 Å². The molecule has 0 amide bonds. The van der Waals surface area contributed by atoms with Gasteiger partial charge in [-0.25, -0.2) is 4.39 Å². The summed E-state index contributed by atoms with van der Waals surface area (Å²) < 4.78 is 18.0. The Bertz CT molecular complexity index is 295. The van der Waals surface area contributed by atoms with Crippen LogP contribution < -0.4 is 5.32 Å². The van der Waals surface area contributed by atoms with Crippen molar-refractivity contribution in [2.75, 3.05) is 26.8 Å². The molecule has 1 N–H and O–H groups in total. The summed E-state index contributed by atoms with van der Waals surface area (Å²) in [6.07, 6.45) is 1.94. The van der Waals surface area contributed by atoms with E-state index >= 15 is 0 Å². The number of methoxy groups -OCH3 is 1. The lowest BCUT2D eigenvalue weighted by Gasteiger charge is -2.05. The minimum absolute atomic E-state index is 0.137. The van der Waals surface area contributed by atoms with Crippen LogP contribution in [-0.4, -0.2) is 26.8 Å². The predicted octanol–water partition coefficient (Wildman–Crippen LogP) is 2.30. The van der Waals surface area contributed by atoms with Crippen LogP contribution in [0.15, 0.2) is 18.2 Å². The maximum absolute atomic E-state index is 13.1. The second-order valence-electron chi connectivity index (χ2n) is 3.98. The van der Waals surface area contributed by atoms with Gasteiger partial charge in [0.15, 0.2) is 0 Å². The van der Waals surface area contributed by atoms with Crippen LogP contribution in [-0.2, 0) is 11.2 Å². The summed E-state index contributed by atoms with van der Waals surface area (Å²) in [4.78, 5) is 0. The summed E-state index contributed by atoms with van der Waals surface area (Å²) in [6, 6.07) is 5.21. The number of benzene rings is 1. The van der Waals surface area contributed by atoms with E-state index < -0.39 is 0 Å². The Labute approximate surface area is 96.8 Å². The van der Waals surface area contributed by atoms with Crippen LogP contribution in [0, 0.1) is 12.7 Å². The lowest BCUT2D eigenvalue weighted by atomic mass is 10.1. The Balaban J connectivity index is 2.21. The predicted molar refractivity (Wildman–Crippen MR) is 64.2 cm³/mol. The molecule has 0 atom stereocenters. The Morgan fingerprint density at radius 3 is 2.75 bits per heavy atom. The summed E-state index contributed by atoms with van der Waals surface area (Å²) in [5.74, 6) is -0.137. The van der Waals surface area contributed by atoms with Crippen LogP contribution >= 0.6 is 0 Å². The highest BCUT2D eigenvalue weighted by Gasteiger charge is 1.98. The fourth-order valence-electron chi connectivity index (χ4n) is 1.67. The second kappa shape index (κ2) is 7.36. The molecule has 1 aromatic rings. The number of nitrogens with one attached hydrogen (secondary N) is 1. The third-order valence-electron chi connectivity index (χ3n) is 2.40. The summed E-state index contributed by atoms with van der Waals surface area (Å²) in [7, 11) is 1.69. The Morgan fingerprint density at radius 2 is 2.06 bits per heavy atom. The maximum atomic E-state index is 13.1. The van der Waals surface area contributed by atoms with Gasteiger partial charge in [0, 0.05) is 13.7 Å². The van der Waals surface area contributed by atoms with Crippen LogP contribution in [0.1, 0.15) is 17.5 Å². The van der Waals surface area contributed by atoms with Crippen molar-refractivity contribution in [2.45, 2.75) is 19.8 Å². The van der Waals surface area contributed by atoms with E-state index in [1.807, 2.05) is 13.0 Å². The van der Waals surface area contributed by atoms with Crippen LogP contribution in [0.4, 0.5) is 4.39 Å². The molecule has 16 heavy (non-hydrogen) atoms. The van der Waals surface area contributed by atoms with E-state index in [0.29, 0.717) is 0 Å². The van der Waals surface area contributed by atoms with Gasteiger partial charge in [-0.1, -0.05) is 6.07 Å². The highest BCUT2D eigenvalue weighted by Crippen LogP contribution is 2.09. The fraction of sp³-hybridized carbons (Fsp3) is 0.538. The van der Waals surface area contributed by atoms with E-state index in [-0.39, 0.29) is 5.82 Å². The maximum Gasteiger partial charge on any atom is 0.123 e. The SMILES string of the molecule is COCCNCCCc1cc(C)cc(F)c1. The van der Waals surface area contributed by atoms with Crippen molar-refractivity contribution >= 4 is 0 Å². The molecule has 1 aromatic carbocycles. The molecule has 0 fully saturated rings. The topological polar surface area (TPSA) is 21.3 Å². The molecule has 0 saturated carbocycles. The first kappa shape index (κ1) is 13.1. The zero-order chi connectivity index (χ0) is 11.8. The smallest absolute Gasteiger partial charge is 0.123 e. The molecule has 0 bridgehead atoms. The van der Waals surface area contributed by atoms with Gasteiger partial charge >= 0.3 is 0 Å². The van der Waals surface area contributed by atoms with Crippen molar-refractivity contribution in [1.82, 2.24) is 5.32 Å². The number of hydrogen-bond donors (Lipinski definition) is 1. The second-order valence-corrected chi connectivity index (χ2v) is 3.98. The molecule has 0 aliphatic carbocycles. The highest BCUT2D eigenvalue weighted by molar-refractivity contribution is 5.23. The zero-order valence-electron chi connectivity index (χ0n) is 10.1. The van der Waals surface area contributed by atoms with Gasteiger partial charge in [-0.05, 0) is 49.6 Å². The summed E-state index contributed by atoms with van der Waals surface area (Å²) in [5, 5.41) is 3.27. The molecule has 0 radical (unpaired) electrons. The third-order valence-corrected chi connectivity index (χ3v) is 2.40. The first-order valence-corrected chi connectivity index (χ1v) is 5.68. The Kier molecular flexibility index (Phi) is 6.04. The molecule has 0 spiro atoms. The van der Waals surface area contributed by atoms with Crippen LogP contribution in [0.3, 0.4) is 0 Å². The van der Waals surface area contributed by atoms with E-state index in [0.717, 1.165) is 43.7 Å². The molecule has 3 heteroatoms. The molecular weight excluding hydrogens is 205 g/mol. The van der Waals surface area contributed by atoms with Gasteiger partial charge in [0.25, 0.3) is 0 Å². The molecule has 0 unspecified atom stereocenters. The highest BCUT2D eigenvalue weighted by atomic mass is 19.1. The Morgan fingerprint density at radius 1 is 1.25 bits per heavy atom. The minimum Gasteiger partial charge on any atom is -0.383 e. The zero-order valence-corrected chi connectivity index (χ0v) is 10.1. The first-order chi connectivity index (χ1) is 7.72. The van der Waals surface area contributed by atoms with Crippen LogP contribution in [0.25, 0.3) is 0 Å². The summed E-state index contributed by atoms with van der Waals surface area (Å²) in [5.41, 5.74) is 2.06. The third kappa shape index (κ3) is 5.24. The standard InChI is InChI=1S/C13H20FNO/c1-11-8-12(10-13(14)9-11)4-3-5-15-6-7-16-2/h8-10,15H,3-7H2,1-2H3. The Hall–Kier alpha value is -0.930. The number of aryl methyl sites for hydroxylation is 2. The van der Waals surface area contributed by atoms with Crippen molar-refractivity contribution in [2.24, 2.45) is 0 Å². The number of halogens is 1. The van der Waals surface area contributed by atoms with Crippen molar-refractivity contribution < 1.29 is 9.13 Å². The molecular formula is C13H20FNO. The molecule has 0 aromatic heterocycles. The van der Waals surface area contributed by atoms with Gasteiger partial charge in [0.05, 0.1) is 6.61 Å². The molecule has 0 saturated heterocycles. The number of rotatable bonds is 7. The summed E-state index contributed by atoms with van der Waals surface area (Å²) >= 11 is 0. The molecule has 0 heterocycles. The molecule has 2 nitrogen and oxygen atoms in total. The van der Waals surface area contributed by atoms with Gasteiger partial charge in [-0.15, -0.1) is 0 Å². The van der Waals surface area contributed by atoms with Crippen molar-refractivity contribution in [3.8, 4) is 0 Å². The molecule has 0 aliphatic rings. The van der Waals surface area contributed by atoms with Crippen molar-refractivity contribution in [3.63, 3.8) is 0 Å². The van der Waals surface area contributed by atoms with Gasteiger partial charge in [0.1, 0.15) is 5.82 Å².